The lowest BCUT2D eigenvalue weighted by Gasteiger charge is -2.18. The average molecular weight is 832 g/mol. The molecule has 0 aromatic heterocycles. The molecule has 0 spiro atoms. The van der Waals surface area contributed by atoms with Gasteiger partial charge in [-0.1, -0.05) is 262 Å². The summed E-state index contributed by atoms with van der Waals surface area (Å²) in [5.74, 6) is -0.296. The number of unbranched alkanes of at least 4 members (excludes halogenated alkanes) is 38. The van der Waals surface area contributed by atoms with Crippen LogP contribution in [-0.4, -0.2) is 51.4 Å². The van der Waals surface area contributed by atoms with Gasteiger partial charge in [0.05, 0.1) is 18.8 Å². The SMILES string of the molecule is CCCCCCCCCCCCC/C=C/[C@@H](O)[C@H](CO)NC(=O)C=CC=CCCCCCCCCCCCCCCCCCCCCCCCCCCCCCC(O)O. The van der Waals surface area contributed by atoms with E-state index in [9.17, 15) is 15.0 Å². The van der Waals surface area contributed by atoms with E-state index in [1.54, 1.807) is 12.2 Å². The molecule has 0 aliphatic rings. The molecule has 0 aromatic rings. The van der Waals surface area contributed by atoms with Crippen molar-refractivity contribution in [2.45, 2.75) is 289 Å². The fourth-order valence-corrected chi connectivity index (χ4v) is 8.09. The molecule has 0 heterocycles. The number of rotatable bonds is 48. The first-order valence-electron chi connectivity index (χ1n) is 26.0. The second kappa shape index (κ2) is 49.2. The smallest absolute Gasteiger partial charge is 0.244 e. The van der Waals surface area contributed by atoms with Crippen molar-refractivity contribution in [3.63, 3.8) is 0 Å². The Labute approximate surface area is 367 Å². The number of allylic oxidation sites excluding steroid dienone is 4. The maximum Gasteiger partial charge on any atom is 0.244 e. The first kappa shape index (κ1) is 57.5. The van der Waals surface area contributed by atoms with Crippen LogP contribution in [0.1, 0.15) is 270 Å². The van der Waals surface area contributed by atoms with Crippen LogP contribution >= 0.6 is 0 Å². The summed E-state index contributed by atoms with van der Waals surface area (Å²) < 4.78 is 0. The van der Waals surface area contributed by atoms with Gasteiger partial charge in [0.1, 0.15) is 0 Å². The number of carbonyl (C=O) groups excluding carboxylic acids is 1. The van der Waals surface area contributed by atoms with Crippen LogP contribution < -0.4 is 5.32 Å². The van der Waals surface area contributed by atoms with E-state index < -0.39 is 18.4 Å². The van der Waals surface area contributed by atoms with Crippen molar-refractivity contribution in [1.82, 2.24) is 5.32 Å². The van der Waals surface area contributed by atoms with Crippen molar-refractivity contribution in [1.29, 1.82) is 0 Å². The third-order valence-corrected chi connectivity index (χ3v) is 12.1. The van der Waals surface area contributed by atoms with E-state index in [2.05, 4.69) is 18.3 Å². The lowest BCUT2D eigenvalue weighted by atomic mass is 10.0. The summed E-state index contributed by atoms with van der Waals surface area (Å²) in [6, 6.07) is -0.698. The summed E-state index contributed by atoms with van der Waals surface area (Å²) >= 11 is 0. The zero-order chi connectivity index (χ0) is 43.0. The van der Waals surface area contributed by atoms with Crippen LogP contribution in [-0.2, 0) is 4.79 Å². The van der Waals surface area contributed by atoms with Gasteiger partial charge in [-0.3, -0.25) is 4.79 Å². The molecule has 5 N–H and O–H groups in total. The molecule has 348 valence electrons. The third kappa shape index (κ3) is 47.4. The Morgan fingerprint density at radius 3 is 1.10 bits per heavy atom. The summed E-state index contributed by atoms with van der Waals surface area (Å²) in [5.41, 5.74) is 0. The van der Waals surface area contributed by atoms with Crippen molar-refractivity contribution in [3.8, 4) is 0 Å². The van der Waals surface area contributed by atoms with E-state index in [4.69, 9.17) is 10.2 Å². The summed E-state index contributed by atoms with van der Waals surface area (Å²) in [4.78, 5) is 12.3. The first-order chi connectivity index (χ1) is 29.0. The van der Waals surface area contributed by atoms with Crippen LogP contribution in [0.3, 0.4) is 0 Å². The monoisotopic (exact) mass is 832 g/mol. The van der Waals surface area contributed by atoms with Crippen LogP contribution in [0, 0.1) is 0 Å². The zero-order valence-corrected chi connectivity index (χ0v) is 39.1. The van der Waals surface area contributed by atoms with Crippen LogP contribution in [0.5, 0.6) is 0 Å². The molecule has 0 unspecified atom stereocenters. The number of aliphatic hydroxyl groups excluding tert-OH is 3. The minimum Gasteiger partial charge on any atom is -0.394 e. The molecule has 1 amide bonds. The molecule has 0 fully saturated rings. The molecular formula is C53H101NO5. The van der Waals surface area contributed by atoms with Crippen molar-refractivity contribution in [2.24, 2.45) is 0 Å². The van der Waals surface area contributed by atoms with Crippen molar-refractivity contribution in [2.75, 3.05) is 6.61 Å². The Morgan fingerprint density at radius 2 is 0.763 bits per heavy atom. The number of aliphatic hydroxyl groups is 4. The van der Waals surface area contributed by atoms with E-state index in [-0.39, 0.29) is 12.5 Å². The predicted molar refractivity (Wildman–Crippen MR) is 256 cm³/mol. The average Bonchev–Trinajstić information content (AvgIpc) is 3.23. The largest absolute Gasteiger partial charge is 0.394 e. The highest BCUT2D eigenvalue weighted by atomic mass is 16.5. The second-order valence-electron chi connectivity index (χ2n) is 17.9. The quantitative estimate of drug-likeness (QED) is 0.0138. The summed E-state index contributed by atoms with van der Waals surface area (Å²) in [7, 11) is 0. The molecule has 0 aliphatic heterocycles. The van der Waals surface area contributed by atoms with Gasteiger partial charge < -0.3 is 25.7 Å². The lowest BCUT2D eigenvalue weighted by Crippen LogP contribution is -2.44. The fourth-order valence-electron chi connectivity index (χ4n) is 8.09. The maximum absolute atomic E-state index is 12.3. The molecule has 6 nitrogen and oxygen atoms in total. The van der Waals surface area contributed by atoms with Crippen molar-refractivity contribution >= 4 is 5.91 Å². The van der Waals surface area contributed by atoms with E-state index in [1.165, 1.54) is 231 Å². The minimum atomic E-state index is -1.12. The fraction of sp³-hybridized carbons (Fsp3) is 0.868. The van der Waals surface area contributed by atoms with Gasteiger partial charge in [-0.2, -0.15) is 0 Å². The van der Waals surface area contributed by atoms with Crippen LogP contribution in [0.25, 0.3) is 0 Å². The van der Waals surface area contributed by atoms with E-state index in [0.29, 0.717) is 6.42 Å². The summed E-state index contributed by atoms with van der Waals surface area (Å²) in [6.07, 6.45) is 62.3. The van der Waals surface area contributed by atoms with Gasteiger partial charge in [0.25, 0.3) is 0 Å². The molecule has 0 radical (unpaired) electrons. The number of amides is 1. The number of hydrogen-bond donors (Lipinski definition) is 5. The summed E-state index contributed by atoms with van der Waals surface area (Å²) in [6.45, 7) is 1.97. The van der Waals surface area contributed by atoms with Gasteiger partial charge in [0.15, 0.2) is 6.29 Å². The Balaban J connectivity index is 3.47. The molecule has 0 bridgehead atoms. The Morgan fingerprint density at radius 1 is 0.441 bits per heavy atom. The topological polar surface area (TPSA) is 110 Å². The highest BCUT2D eigenvalue weighted by molar-refractivity contribution is 5.88. The standard InChI is InChI=1S/C53H101NO5/c1-2-3-4-5-6-7-8-28-31-34-37-40-43-46-51(56)50(49-55)54-52(57)47-44-41-38-35-32-29-26-24-22-20-18-16-14-12-10-9-11-13-15-17-19-21-23-25-27-30-33-36-39-42-45-48-53(58)59/h38,41,43-44,46-47,50-51,53,55-56,58-59H,2-37,39-40,42,45,48-49H2,1H3,(H,54,57)/b41-38?,46-43+,47-44?/t50-,51+/m0/s1. The van der Waals surface area contributed by atoms with Crippen LogP contribution in [0.4, 0.5) is 0 Å². The Bertz CT molecular complexity index is 918. The third-order valence-electron chi connectivity index (χ3n) is 12.1. The van der Waals surface area contributed by atoms with Gasteiger partial charge in [-0.05, 0) is 38.5 Å². The van der Waals surface area contributed by atoms with E-state index in [0.717, 1.165) is 32.1 Å². The first-order valence-corrected chi connectivity index (χ1v) is 26.0. The highest BCUT2D eigenvalue weighted by Gasteiger charge is 2.17. The van der Waals surface area contributed by atoms with Crippen LogP contribution in [0.2, 0.25) is 0 Å². The molecule has 2 atom stereocenters. The Kier molecular flexibility index (Phi) is 48.0. The van der Waals surface area contributed by atoms with Crippen LogP contribution in [0.15, 0.2) is 36.5 Å². The predicted octanol–water partition coefficient (Wildman–Crippen LogP) is 14.8. The second-order valence-corrected chi connectivity index (χ2v) is 17.9. The lowest BCUT2D eigenvalue weighted by molar-refractivity contribution is -0.118. The van der Waals surface area contributed by atoms with Gasteiger partial charge in [-0.15, -0.1) is 0 Å². The normalized spacial score (nSPS) is 13.2. The maximum atomic E-state index is 12.3. The molecule has 0 saturated heterocycles. The van der Waals surface area contributed by atoms with Crippen molar-refractivity contribution in [3.05, 3.63) is 36.5 Å². The van der Waals surface area contributed by atoms with Crippen molar-refractivity contribution < 1.29 is 25.2 Å². The van der Waals surface area contributed by atoms with E-state index in [1.807, 2.05) is 12.2 Å². The molecule has 0 aliphatic carbocycles. The molecule has 6 heteroatoms. The summed E-state index contributed by atoms with van der Waals surface area (Å²) in [5, 5.41) is 40.6. The minimum absolute atomic E-state index is 0.296. The van der Waals surface area contributed by atoms with Gasteiger partial charge in [0.2, 0.25) is 5.91 Å². The number of hydrogen-bond acceptors (Lipinski definition) is 5. The van der Waals surface area contributed by atoms with Gasteiger partial charge >= 0.3 is 0 Å². The molecule has 0 saturated carbocycles. The number of nitrogens with one attached hydrogen (secondary N) is 1. The Hall–Kier alpha value is -1.47. The van der Waals surface area contributed by atoms with Gasteiger partial charge in [0, 0.05) is 6.08 Å². The molecule has 59 heavy (non-hydrogen) atoms. The highest BCUT2D eigenvalue weighted by Crippen LogP contribution is 2.17. The zero-order valence-electron chi connectivity index (χ0n) is 39.1. The molecule has 0 aromatic carbocycles. The molecule has 0 rings (SSSR count). The number of carbonyl (C=O) groups is 1. The van der Waals surface area contributed by atoms with Gasteiger partial charge in [-0.25, -0.2) is 0 Å². The molecular weight excluding hydrogens is 731 g/mol. The van der Waals surface area contributed by atoms with E-state index >= 15 is 0 Å².